The number of ether oxygens (including phenoxy) is 3. The van der Waals surface area contributed by atoms with E-state index < -0.39 is 80.8 Å². The van der Waals surface area contributed by atoms with Gasteiger partial charge >= 0.3 is 48.3 Å². The first kappa shape index (κ1) is 45.8. The van der Waals surface area contributed by atoms with Crippen molar-refractivity contribution in [1.29, 1.82) is 0 Å². The first-order valence-corrected chi connectivity index (χ1v) is 10.9. The summed E-state index contributed by atoms with van der Waals surface area (Å²) < 4.78 is 251. The third kappa shape index (κ3) is 13.5. The molecule has 0 aromatic heterocycles. The molecule has 0 fully saturated rings. The molecule has 0 heterocycles. The van der Waals surface area contributed by atoms with E-state index in [1.807, 2.05) is 0 Å². The summed E-state index contributed by atoms with van der Waals surface area (Å²) in [4.78, 5) is 0. The van der Waals surface area contributed by atoms with Crippen LogP contribution in [0.15, 0.2) is 25.3 Å². The van der Waals surface area contributed by atoms with Crippen molar-refractivity contribution in [2.24, 2.45) is 0 Å². The van der Waals surface area contributed by atoms with Gasteiger partial charge in [0.2, 0.25) is 0 Å². The van der Waals surface area contributed by atoms with Gasteiger partial charge in [-0.3, -0.25) is 9.47 Å². The number of rotatable bonds is 14. The molecule has 1 N–H and O–H groups in total. The van der Waals surface area contributed by atoms with Crippen molar-refractivity contribution in [2.45, 2.75) is 61.0 Å². The van der Waals surface area contributed by atoms with Crippen molar-refractivity contribution < 1.29 is 107 Å². The van der Waals surface area contributed by atoms with Gasteiger partial charge in [-0.15, -0.1) is 13.2 Å². The van der Waals surface area contributed by atoms with Crippen LogP contribution in [0, 0.1) is 0 Å². The minimum Gasteiger partial charge on any atom is -0.390 e. The van der Waals surface area contributed by atoms with E-state index in [2.05, 4.69) is 43.3 Å². The van der Waals surface area contributed by atoms with Gasteiger partial charge in [-0.25, -0.2) is 8.78 Å². The molecule has 0 amide bonds. The van der Waals surface area contributed by atoms with E-state index in [4.69, 9.17) is 5.11 Å². The van der Waals surface area contributed by atoms with E-state index in [9.17, 15) is 87.8 Å². The van der Waals surface area contributed by atoms with Crippen LogP contribution in [-0.4, -0.2) is 91.2 Å². The standard InChI is InChI=1S/C9H8F10O2.C6H4F10O2.C3H5Br/c1-2-3-20-4-6(11,12)5(10)21-9(18,19)7(13,14)8(15,16)17;7-2(3(8,9)1-17)18-6(15,16)4(10,11)5(12,13)14;1-2-3-4/h2,5H,1,3-4H2;2,17H,1H2;2H,1,3H2. The van der Waals surface area contributed by atoms with E-state index in [-0.39, 0.29) is 0 Å². The van der Waals surface area contributed by atoms with Crippen molar-refractivity contribution in [3.63, 3.8) is 0 Å². The highest BCUT2D eigenvalue weighted by Gasteiger charge is 2.77. The van der Waals surface area contributed by atoms with E-state index >= 15 is 0 Å². The fourth-order valence-corrected chi connectivity index (χ4v) is 1.33. The molecule has 0 saturated heterocycles. The van der Waals surface area contributed by atoms with Gasteiger partial charge in [0.1, 0.15) is 13.2 Å². The zero-order valence-electron chi connectivity index (χ0n) is 20.2. The van der Waals surface area contributed by atoms with Crippen LogP contribution < -0.4 is 0 Å². The molecule has 4 nitrogen and oxygen atoms in total. The Labute approximate surface area is 235 Å². The fraction of sp³-hybridized carbons (Fsp3) is 0.778. The Balaban J connectivity index is -0.000000666. The van der Waals surface area contributed by atoms with Crippen molar-refractivity contribution >= 4 is 15.9 Å². The summed E-state index contributed by atoms with van der Waals surface area (Å²) in [5.74, 6) is -23.7. The Kier molecular flexibility index (Phi) is 17.7. The van der Waals surface area contributed by atoms with Crippen LogP contribution in [-0.2, 0) is 14.2 Å². The molecule has 0 spiro atoms. The van der Waals surface area contributed by atoms with Crippen molar-refractivity contribution in [2.75, 3.05) is 25.2 Å². The summed E-state index contributed by atoms with van der Waals surface area (Å²) in [6, 6.07) is 0. The van der Waals surface area contributed by atoms with Crippen LogP contribution in [0.1, 0.15) is 0 Å². The number of hydrogen-bond donors (Lipinski definition) is 1. The molecule has 0 aromatic rings. The molecular weight excluding hydrogens is 740 g/mol. The third-order valence-electron chi connectivity index (χ3n) is 3.46. The molecule has 260 valence electrons. The van der Waals surface area contributed by atoms with Gasteiger partial charge in [0.25, 0.3) is 12.7 Å². The topological polar surface area (TPSA) is 47.9 Å². The molecule has 43 heavy (non-hydrogen) atoms. The number of aliphatic hydroxyl groups excluding tert-OH is 1. The van der Waals surface area contributed by atoms with Crippen LogP contribution >= 0.6 is 15.9 Å². The monoisotopic (exact) mass is 756 g/mol. The van der Waals surface area contributed by atoms with Crippen LogP contribution in [0.5, 0.6) is 0 Å². The number of aliphatic hydroxyl groups is 1. The van der Waals surface area contributed by atoms with Gasteiger partial charge in [0.15, 0.2) is 0 Å². The van der Waals surface area contributed by atoms with Gasteiger partial charge in [0, 0.05) is 5.33 Å². The van der Waals surface area contributed by atoms with E-state index in [0.717, 1.165) is 11.4 Å². The normalized spacial score (nSPS) is 15.4. The number of halogens is 21. The van der Waals surface area contributed by atoms with Crippen molar-refractivity contribution in [1.82, 2.24) is 0 Å². The molecular formula is C18H17BrF20O4. The molecule has 25 heteroatoms. The van der Waals surface area contributed by atoms with Gasteiger partial charge < -0.3 is 9.84 Å². The summed E-state index contributed by atoms with van der Waals surface area (Å²) in [7, 11) is 0. The van der Waals surface area contributed by atoms with E-state index in [0.29, 0.717) is 0 Å². The lowest BCUT2D eigenvalue weighted by Gasteiger charge is -2.30. The zero-order chi connectivity index (χ0) is 35.5. The van der Waals surface area contributed by atoms with Crippen molar-refractivity contribution in [3.05, 3.63) is 25.3 Å². The molecule has 0 aliphatic rings. The predicted octanol–water partition coefficient (Wildman–Crippen LogP) is 8.21. The average Bonchev–Trinajstić information content (AvgIpc) is 2.82. The van der Waals surface area contributed by atoms with Gasteiger partial charge in [0.05, 0.1) is 6.61 Å². The second kappa shape index (κ2) is 16.6. The first-order chi connectivity index (χ1) is 18.8. The van der Waals surface area contributed by atoms with Crippen LogP contribution in [0.25, 0.3) is 0 Å². The molecule has 0 radical (unpaired) electrons. The second-order valence-electron chi connectivity index (χ2n) is 6.97. The maximum Gasteiger partial charge on any atom is 0.462 e. The maximum atomic E-state index is 12.8. The fourth-order valence-electron chi connectivity index (χ4n) is 1.33. The predicted molar refractivity (Wildman–Crippen MR) is 106 cm³/mol. The quantitative estimate of drug-likeness (QED) is 0.0841. The van der Waals surface area contributed by atoms with Gasteiger partial charge in [-0.2, -0.15) is 79.0 Å². The zero-order valence-corrected chi connectivity index (χ0v) is 21.7. The number of hydrogen-bond acceptors (Lipinski definition) is 4. The van der Waals surface area contributed by atoms with Crippen LogP contribution in [0.4, 0.5) is 87.8 Å². The average molecular weight is 757 g/mol. The summed E-state index contributed by atoms with van der Waals surface area (Å²) in [6.07, 6.45) is -33.1. The molecule has 0 aromatic carbocycles. The first-order valence-electron chi connectivity index (χ1n) is 9.80. The maximum absolute atomic E-state index is 12.8. The smallest absolute Gasteiger partial charge is 0.390 e. The van der Waals surface area contributed by atoms with Crippen molar-refractivity contribution in [3.8, 4) is 0 Å². The lowest BCUT2D eigenvalue weighted by molar-refractivity contribution is -0.451. The van der Waals surface area contributed by atoms with E-state index in [1.54, 1.807) is 6.08 Å². The van der Waals surface area contributed by atoms with E-state index in [1.165, 1.54) is 0 Å². The largest absolute Gasteiger partial charge is 0.462 e. The Morgan fingerprint density at radius 1 is 0.605 bits per heavy atom. The van der Waals surface area contributed by atoms with Gasteiger partial charge in [-0.1, -0.05) is 28.1 Å². The molecule has 2 unspecified atom stereocenters. The molecule has 0 rings (SSSR count). The summed E-state index contributed by atoms with van der Waals surface area (Å²) in [5, 5.41) is 8.70. The summed E-state index contributed by atoms with van der Waals surface area (Å²) in [6.45, 7) is 1.54. The number of allylic oxidation sites excluding steroid dienone is 1. The summed E-state index contributed by atoms with van der Waals surface area (Å²) >= 11 is 3.13. The minimum absolute atomic E-state index is 0.572. The lowest BCUT2D eigenvalue weighted by atomic mass is 10.3. The second-order valence-corrected chi connectivity index (χ2v) is 7.62. The Bertz CT molecular complexity index is 830. The van der Waals surface area contributed by atoms with Crippen LogP contribution in [0.3, 0.4) is 0 Å². The highest BCUT2D eigenvalue weighted by molar-refractivity contribution is 9.09. The molecule has 0 aliphatic carbocycles. The number of alkyl halides is 21. The molecule has 0 bridgehead atoms. The molecule has 0 aliphatic heterocycles. The Morgan fingerprint density at radius 3 is 1.14 bits per heavy atom. The third-order valence-corrected chi connectivity index (χ3v) is 3.92. The molecule has 2 atom stereocenters. The molecule has 0 saturated carbocycles. The Hall–Kier alpha value is -1.60. The SMILES string of the molecule is C=CCBr.C=CCOCC(F)(F)C(F)OC(F)(F)C(F)(F)C(F)(F)F.OCC(F)(F)C(F)OC(F)(F)C(F)(F)C(F)(F)F. The Morgan fingerprint density at radius 2 is 0.907 bits per heavy atom. The summed E-state index contributed by atoms with van der Waals surface area (Å²) in [5.41, 5.74) is 0. The minimum atomic E-state index is -6.88. The highest BCUT2D eigenvalue weighted by atomic mass is 79.9. The highest BCUT2D eigenvalue weighted by Crippen LogP contribution is 2.49. The van der Waals surface area contributed by atoms with Gasteiger partial charge in [-0.05, 0) is 0 Å². The lowest BCUT2D eigenvalue weighted by Crippen LogP contribution is -2.56. The van der Waals surface area contributed by atoms with Crippen LogP contribution in [0.2, 0.25) is 0 Å².